The van der Waals surface area contributed by atoms with Crippen LogP contribution in [0.1, 0.15) is 26.5 Å². The molecule has 0 aliphatic heterocycles. The van der Waals surface area contributed by atoms with E-state index in [9.17, 15) is 13.2 Å². The van der Waals surface area contributed by atoms with Gasteiger partial charge < -0.3 is 5.32 Å². The number of hydrogen-bond donors (Lipinski definition) is 1. The molecular formula is C11H19N3O3S2. The number of hydrogen-bond acceptors (Lipinski definition) is 5. The quantitative estimate of drug-likeness (QED) is 0.908. The molecule has 19 heavy (non-hydrogen) atoms. The van der Waals surface area contributed by atoms with Crippen molar-refractivity contribution in [3.05, 3.63) is 11.1 Å². The van der Waals surface area contributed by atoms with Gasteiger partial charge in [-0.15, -0.1) is 11.3 Å². The molecule has 0 saturated heterocycles. The summed E-state index contributed by atoms with van der Waals surface area (Å²) in [6.07, 6.45) is 1.06. The number of nitrogens with zero attached hydrogens (tertiary/aromatic N) is 2. The normalized spacial score (nSPS) is 12.7. The van der Waals surface area contributed by atoms with Gasteiger partial charge in [0.2, 0.25) is 15.9 Å². The summed E-state index contributed by atoms with van der Waals surface area (Å²) >= 11 is 1.33. The van der Waals surface area contributed by atoms with E-state index in [4.69, 9.17) is 0 Å². The number of anilines is 1. The zero-order chi connectivity index (χ0) is 14.8. The van der Waals surface area contributed by atoms with Gasteiger partial charge in [0.25, 0.3) is 0 Å². The van der Waals surface area contributed by atoms with Crippen LogP contribution in [0.5, 0.6) is 0 Å². The molecule has 6 nitrogen and oxygen atoms in total. The molecule has 0 saturated carbocycles. The summed E-state index contributed by atoms with van der Waals surface area (Å²) in [5.74, 6) is -0.400. The molecule has 0 aliphatic rings. The lowest BCUT2D eigenvalue weighted by Gasteiger charge is -2.14. The Morgan fingerprint density at radius 2 is 2.05 bits per heavy atom. The third-order valence-corrected chi connectivity index (χ3v) is 4.47. The van der Waals surface area contributed by atoms with Crippen LogP contribution in [0.4, 0.5) is 5.13 Å². The Hall–Kier alpha value is -0.990. The minimum Gasteiger partial charge on any atom is -0.301 e. The van der Waals surface area contributed by atoms with E-state index < -0.39 is 15.9 Å². The number of carbonyl (C=O) groups is 1. The van der Waals surface area contributed by atoms with E-state index in [1.54, 1.807) is 0 Å². The molecule has 0 aromatic carbocycles. The fraction of sp³-hybridized carbons (Fsp3) is 0.636. The van der Waals surface area contributed by atoms with Gasteiger partial charge in [0, 0.05) is 17.8 Å². The molecule has 1 rings (SSSR count). The van der Waals surface area contributed by atoms with Crippen molar-refractivity contribution in [2.24, 2.45) is 0 Å². The maximum absolute atomic E-state index is 11.7. The van der Waals surface area contributed by atoms with Gasteiger partial charge in [-0.1, -0.05) is 20.8 Å². The van der Waals surface area contributed by atoms with Crippen LogP contribution >= 0.6 is 11.3 Å². The standard InChI is InChI=1S/C11H19N3O3S2/c1-11(2,3)8-7-18-10(12-8)13-9(15)6-14(4)19(5,16)17/h7H,6H2,1-5H3,(H,12,13,15). The Kier molecular flexibility index (Phi) is 4.70. The smallest absolute Gasteiger partial charge is 0.241 e. The zero-order valence-corrected chi connectivity index (χ0v) is 13.4. The summed E-state index contributed by atoms with van der Waals surface area (Å²) in [5.41, 5.74) is 0.813. The maximum atomic E-state index is 11.7. The van der Waals surface area contributed by atoms with Crippen LogP contribution in [0, 0.1) is 0 Å². The molecule has 0 atom stereocenters. The predicted octanol–water partition coefficient (Wildman–Crippen LogP) is 1.27. The van der Waals surface area contributed by atoms with Crippen LogP contribution in [0.15, 0.2) is 5.38 Å². The number of likely N-dealkylation sites (N-methyl/N-ethyl adjacent to an activating group) is 1. The van der Waals surface area contributed by atoms with Gasteiger partial charge in [0.15, 0.2) is 5.13 Å². The number of rotatable bonds is 4. The van der Waals surface area contributed by atoms with Gasteiger partial charge in [-0.05, 0) is 0 Å². The van der Waals surface area contributed by atoms with E-state index in [-0.39, 0.29) is 12.0 Å². The Bertz CT molecular complexity index is 558. The minimum atomic E-state index is -3.35. The third-order valence-electron chi connectivity index (χ3n) is 2.45. The fourth-order valence-corrected chi connectivity index (χ4v) is 2.46. The number of amides is 1. The van der Waals surface area contributed by atoms with Gasteiger partial charge in [0.05, 0.1) is 18.5 Å². The number of thiazole rings is 1. The van der Waals surface area contributed by atoms with Crippen molar-refractivity contribution in [2.45, 2.75) is 26.2 Å². The van der Waals surface area contributed by atoms with Gasteiger partial charge in [-0.3, -0.25) is 4.79 Å². The first-order chi connectivity index (χ1) is 8.50. The van der Waals surface area contributed by atoms with Crippen molar-refractivity contribution in [1.82, 2.24) is 9.29 Å². The summed E-state index contributed by atoms with van der Waals surface area (Å²) in [4.78, 5) is 16.0. The van der Waals surface area contributed by atoms with Crippen LogP contribution < -0.4 is 5.32 Å². The number of nitrogens with one attached hydrogen (secondary N) is 1. The van der Waals surface area contributed by atoms with Crippen molar-refractivity contribution in [3.8, 4) is 0 Å². The van der Waals surface area contributed by atoms with Crippen molar-refractivity contribution in [2.75, 3.05) is 25.2 Å². The van der Waals surface area contributed by atoms with Gasteiger partial charge in [-0.2, -0.15) is 4.31 Å². The molecule has 1 aromatic heterocycles. The SMILES string of the molecule is CN(CC(=O)Nc1nc(C(C)(C)C)cs1)S(C)(=O)=O. The Labute approximate surface area is 117 Å². The molecule has 1 amide bonds. The highest BCUT2D eigenvalue weighted by molar-refractivity contribution is 7.88. The predicted molar refractivity (Wildman–Crippen MR) is 76.9 cm³/mol. The van der Waals surface area contributed by atoms with E-state index in [1.165, 1.54) is 18.4 Å². The monoisotopic (exact) mass is 305 g/mol. The molecule has 1 heterocycles. The molecule has 0 spiro atoms. The molecule has 0 bridgehead atoms. The van der Waals surface area contributed by atoms with Gasteiger partial charge >= 0.3 is 0 Å². The second-order valence-electron chi connectivity index (χ2n) is 5.36. The average Bonchev–Trinajstić information content (AvgIpc) is 2.63. The van der Waals surface area contributed by atoms with Crippen LogP contribution in [0.2, 0.25) is 0 Å². The van der Waals surface area contributed by atoms with Crippen LogP contribution in [0.3, 0.4) is 0 Å². The number of sulfonamides is 1. The molecule has 0 unspecified atom stereocenters. The van der Waals surface area contributed by atoms with Gasteiger partial charge in [-0.25, -0.2) is 13.4 Å². The van der Waals surface area contributed by atoms with Crippen molar-refractivity contribution in [1.29, 1.82) is 0 Å². The maximum Gasteiger partial charge on any atom is 0.241 e. The highest BCUT2D eigenvalue weighted by Gasteiger charge is 2.19. The topological polar surface area (TPSA) is 79.4 Å². The second-order valence-corrected chi connectivity index (χ2v) is 8.30. The van der Waals surface area contributed by atoms with Crippen LogP contribution in [-0.4, -0.2) is 43.5 Å². The second kappa shape index (κ2) is 5.56. The molecule has 0 radical (unpaired) electrons. The molecule has 0 fully saturated rings. The Morgan fingerprint density at radius 3 is 2.47 bits per heavy atom. The lowest BCUT2D eigenvalue weighted by molar-refractivity contribution is -0.116. The summed E-state index contributed by atoms with van der Waals surface area (Å²) in [7, 11) is -1.99. The molecule has 108 valence electrons. The average molecular weight is 305 g/mol. The van der Waals surface area contributed by atoms with E-state index in [2.05, 4.69) is 10.3 Å². The highest BCUT2D eigenvalue weighted by Crippen LogP contribution is 2.26. The first-order valence-corrected chi connectivity index (χ1v) is 8.40. The largest absolute Gasteiger partial charge is 0.301 e. The lowest BCUT2D eigenvalue weighted by Crippen LogP contribution is -2.34. The van der Waals surface area contributed by atoms with Crippen molar-refractivity contribution < 1.29 is 13.2 Å². The summed E-state index contributed by atoms with van der Waals surface area (Å²) in [6, 6.07) is 0. The molecular weight excluding hydrogens is 286 g/mol. The van der Waals surface area contributed by atoms with Crippen molar-refractivity contribution in [3.63, 3.8) is 0 Å². The minimum absolute atomic E-state index is 0.0803. The zero-order valence-electron chi connectivity index (χ0n) is 11.7. The number of aromatic nitrogens is 1. The fourth-order valence-electron chi connectivity index (χ4n) is 1.15. The van der Waals surface area contributed by atoms with Crippen molar-refractivity contribution >= 4 is 32.4 Å². The van der Waals surface area contributed by atoms with Crippen LogP contribution in [0.25, 0.3) is 0 Å². The molecule has 1 N–H and O–H groups in total. The molecule has 1 aromatic rings. The van der Waals surface area contributed by atoms with Crippen LogP contribution in [-0.2, 0) is 20.2 Å². The summed E-state index contributed by atoms with van der Waals surface area (Å²) in [6.45, 7) is 5.88. The van der Waals surface area contributed by atoms with Gasteiger partial charge in [0.1, 0.15) is 0 Å². The van der Waals surface area contributed by atoms with E-state index in [0.29, 0.717) is 5.13 Å². The third kappa shape index (κ3) is 4.88. The van der Waals surface area contributed by atoms with E-state index in [0.717, 1.165) is 16.3 Å². The molecule has 0 aliphatic carbocycles. The van der Waals surface area contributed by atoms with E-state index >= 15 is 0 Å². The first-order valence-electron chi connectivity index (χ1n) is 5.67. The Balaban J connectivity index is 2.66. The number of carbonyl (C=O) groups excluding carboxylic acids is 1. The molecule has 8 heteroatoms. The lowest BCUT2D eigenvalue weighted by atomic mass is 9.93. The highest BCUT2D eigenvalue weighted by atomic mass is 32.2. The Morgan fingerprint density at radius 1 is 1.47 bits per heavy atom. The summed E-state index contributed by atoms with van der Waals surface area (Å²) < 4.78 is 23.4. The van der Waals surface area contributed by atoms with E-state index in [1.807, 2.05) is 26.2 Å². The summed E-state index contributed by atoms with van der Waals surface area (Å²) in [5, 5.41) is 4.97. The first kappa shape index (κ1) is 16.1.